The second-order valence-electron chi connectivity index (χ2n) is 6.10. The van der Waals surface area contributed by atoms with Crippen LogP contribution in [0.25, 0.3) is 0 Å². The van der Waals surface area contributed by atoms with E-state index in [0.29, 0.717) is 12.0 Å². The van der Waals surface area contributed by atoms with Crippen LogP contribution in [0.4, 0.5) is 0 Å². The maximum atomic E-state index is 9.70. The summed E-state index contributed by atoms with van der Waals surface area (Å²) in [5.74, 6) is 2.15. The van der Waals surface area contributed by atoms with Crippen LogP contribution in [0, 0.1) is 0 Å². The van der Waals surface area contributed by atoms with Crippen molar-refractivity contribution in [1.82, 2.24) is 0 Å². The molecule has 0 heterocycles. The van der Waals surface area contributed by atoms with E-state index < -0.39 is 0 Å². The zero-order valence-electron chi connectivity index (χ0n) is 12.2. The van der Waals surface area contributed by atoms with Crippen molar-refractivity contribution in [2.45, 2.75) is 63.1 Å². The molecule has 3 nitrogen and oxygen atoms in total. The van der Waals surface area contributed by atoms with Gasteiger partial charge in [0.05, 0.1) is 19.3 Å². The van der Waals surface area contributed by atoms with E-state index >= 15 is 0 Å². The molecule has 2 atom stereocenters. The maximum absolute atomic E-state index is 9.70. The Morgan fingerprint density at radius 1 is 1.05 bits per heavy atom. The summed E-state index contributed by atoms with van der Waals surface area (Å²) < 4.78 is 11.6. The van der Waals surface area contributed by atoms with Crippen LogP contribution in [-0.4, -0.2) is 24.4 Å². The zero-order chi connectivity index (χ0) is 13.9. The second-order valence-corrected chi connectivity index (χ2v) is 6.10. The summed E-state index contributed by atoms with van der Waals surface area (Å²) in [5.41, 5.74) is 1.27. The first-order chi connectivity index (χ1) is 9.76. The van der Waals surface area contributed by atoms with Gasteiger partial charge < -0.3 is 14.6 Å². The first-order valence-electron chi connectivity index (χ1n) is 7.79. The zero-order valence-corrected chi connectivity index (χ0v) is 12.2. The number of hydrogen-bond donors (Lipinski definition) is 1. The molecule has 0 saturated heterocycles. The van der Waals surface area contributed by atoms with Crippen molar-refractivity contribution in [1.29, 1.82) is 0 Å². The van der Waals surface area contributed by atoms with Gasteiger partial charge in [-0.05, 0) is 68.6 Å². The molecule has 3 rings (SSSR count). The molecular formula is C17H24O3. The summed E-state index contributed by atoms with van der Waals surface area (Å²) in [5, 5.41) is 9.70. The molecule has 1 N–H and O–H groups in total. The van der Waals surface area contributed by atoms with Gasteiger partial charge in [0.2, 0.25) is 0 Å². The molecule has 0 aromatic heterocycles. The molecule has 2 aliphatic carbocycles. The molecule has 1 aromatic rings. The average Bonchev–Trinajstić information content (AvgIpc) is 3.10. The number of methoxy groups -OCH3 is 1. The number of benzene rings is 1. The fraction of sp³-hybridized carbons (Fsp3) is 0.647. The minimum Gasteiger partial charge on any atom is -0.493 e. The molecule has 2 aliphatic rings. The molecule has 0 radical (unpaired) electrons. The number of aliphatic hydroxyl groups excluding tert-OH is 1. The Kier molecular flexibility index (Phi) is 4.16. The third-order valence-corrected chi connectivity index (χ3v) is 4.66. The largest absolute Gasteiger partial charge is 0.493 e. The molecule has 2 fully saturated rings. The number of ether oxygens (including phenoxy) is 2. The number of hydrogen-bond acceptors (Lipinski definition) is 3. The van der Waals surface area contributed by atoms with Crippen molar-refractivity contribution < 1.29 is 14.6 Å². The van der Waals surface area contributed by atoms with E-state index in [1.54, 1.807) is 7.11 Å². The Morgan fingerprint density at radius 2 is 1.85 bits per heavy atom. The van der Waals surface area contributed by atoms with E-state index in [4.69, 9.17) is 9.47 Å². The van der Waals surface area contributed by atoms with Crippen LogP contribution < -0.4 is 9.47 Å². The van der Waals surface area contributed by atoms with E-state index in [0.717, 1.165) is 43.6 Å². The van der Waals surface area contributed by atoms with E-state index in [9.17, 15) is 5.11 Å². The summed E-state index contributed by atoms with van der Waals surface area (Å²) in [7, 11) is 1.69. The standard InChI is InChI=1S/C17H24O3/c1-19-16-9-7-13(12-6-8-14(18)10-12)11-17(16)20-15-4-2-3-5-15/h7,9,11-12,14-15,18H,2-6,8,10H2,1H3. The topological polar surface area (TPSA) is 38.7 Å². The number of rotatable bonds is 4. The Morgan fingerprint density at radius 3 is 2.50 bits per heavy atom. The van der Waals surface area contributed by atoms with Gasteiger partial charge in [-0.25, -0.2) is 0 Å². The minimum absolute atomic E-state index is 0.138. The Labute approximate surface area is 120 Å². The quantitative estimate of drug-likeness (QED) is 0.912. The maximum Gasteiger partial charge on any atom is 0.161 e. The van der Waals surface area contributed by atoms with Gasteiger partial charge in [-0.2, -0.15) is 0 Å². The third kappa shape index (κ3) is 2.93. The Bertz CT molecular complexity index is 452. The van der Waals surface area contributed by atoms with Gasteiger partial charge in [-0.3, -0.25) is 0 Å². The van der Waals surface area contributed by atoms with Crippen molar-refractivity contribution in [2.75, 3.05) is 7.11 Å². The smallest absolute Gasteiger partial charge is 0.161 e. The van der Waals surface area contributed by atoms with Crippen LogP contribution in [0.1, 0.15) is 56.4 Å². The molecule has 3 heteroatoms. The van der Waals surface area contributed by atoms with Crippen LogP contribution >= 0.6 is 0 Å². The van der Waals surface area contributed by atoms with Crippen molar-refractivity contribution in [3.63, 3.8) is 0 Å². The molecule has 0 bridgehead atoms. The van der Waals surface area contributed by atoms with Gasteiger partial charge >= 0.3 is 0 Å². The van der Waals surface area contributed by atoms with E-state index in [1.165, 1.54) is 18.4 Å². The van der Waals surface area contributed by atoms with E-state index in [-0.39, 0.29) is 6.10 Å². The van der Waals surface area contributed by atoms with Crippen molar-refractivity contribution in [3.8, 4) is 11.5 Å². The summed E-state index contributed by atoms with van der Waals surface area (Å²) in [6.45, 7) is 0. The lowest BCUT2D eigenvalue weighted by molar-refractivity contribution is 0.181. The molecule has 0 spiro atoms. The van der Waals surface area contributed by atoms with E-state index in [1.807, 2.05) is 6.07 Å². The third-order valence-electron chi connectivity index (χ3n) is 4.66. The highest BCUT2D eigenvalue weighted by Gasteiger charge is 2.25. The first-order valence-corrected chi connectivity index (χ1v) is 7.79. The number of aliphatic hydroxyl groups is 1. The lowest BCUT2D eigenvalue weighted by Crippen LogP contribution is -2.12. The molecule has 2 unspecified atom stereocenters. The van der Waals surface area contributed by atoms with Crippen molar-refractivity contribution in [3.05, 3.63) is 23.8 Å². The van der Waals surface area contributed by atoms with Gasteiger partial charge in [0.25, 0.3) is 0 Å². The monoisotopic (exact) mass is 276 g/mol. The predicted molar refractivity (Wildman–Crippen MR) is 78.5 cm³/mol. The van der Waals surface area contributed by atoms with Gasteiger partial charge in [0.15, 0.2) is 11.5 Å². The van der Waals surface area contributed by atoms with Crippen LogP contribution in [-0.2, 0) is 0 Å². The highest BCUT2D eigenvalue weighted by molar-refractivity contribution is 5.44. The molecule has 1 aromatic carbocycles. The van der Waals surface area contributed by atoms with Gasteiger partial charge in [-0.1, -0.05) is 6.07 Å². The first kappa shape index (κ1) is 13.7. The lowest BCUT2D eigenvalue weighted by atomic mass is 9.97. The van der Waals surface area contributed by atoms with Gasteiger partial charge in [0, 0.05) is 0 Å². The molecule has 110 valence electrons. The summed E-state index contributed by atoms with van der Waals surface area (Å²) >= 11 is 0. The summed E-state index contributed by atoms with van der Waals surface area (Å²) in [6.07, 6.45) is 7.88. The molecule has 2 saturated carbocycles. The SMILES string of the molecule is COc1ccc(C2CCC(O)C2)cc1OC1CCCC1. The van der Waals surface area contributed by atoms with Gasteiger partial charge in [-0.15, -0.1) is 0 Å². The fourth-order valence-corrected chi connectivity index (χ4v) is 3.49. The van der Waals surface area contributed by atoms with E-state index in [2.05, 4.69) is 12.1 Å². The predicted octanol–water partition coefficient (Wildman–Crippen LogP) is 3.65. The fourth-order valence-electron chi connectivity index (χ4n) is 3.49. The van der Waals surface area contributed by atoms with Crippen molar-refractivity contribution >= 4 is 0 Å². The summed E-state index contributed by atoms with van der Waals surface area (Å²) in [4.78, 5) is 0. The van der Waals surface area contributed by atoms with Crippen LogP contribution in [0.5, 0.6) is 11.5 Å². The lowest BCUT2D eigenvalue weighted by Gasteiger charge is -2.18. The summed E-state index contributed by atoms with van der Waals surface area (Å²) in [6, 6.07) is 6.24. The Balaban J connectivity index is 1.78. The molecular weight excluding hydrogens is 252 g/mol. The molecule has 0 aliphatic heterocycles. The molecule has 20 heavy (non-hydrogen) atoms. The minimum atomic E-state index is -0.138. The van der Waals surface area contributed by atoms with Crippen LogP contribution in [0.2, 0.25) is 0 Å². The van der Waals surface area contributed by atoms with Gasteiger partial charge in [0.1, 0.15) is 0 Å². The van der Waals surface area contributed by atoms with Crippen LogP contribution in [0.3, 0.4) is 0 Å². The second kappa shape index (κ2) is 6.04. The van der Waals surface area contributed by atoms with Crippen LogP contribution in [0.15, 0.2) is 18.2 Å². The average molecular weight is 276 g/mol. The highest BCUT2D eigenvalue weighted by atomic mass is 16.5. The van der Waals surface area contributed by atoms with Crippen molar-refractivity contribution in [2.24, 2.45) is 0 Å². The highest BCUT2D eigenvalue weighted by Crippen LogP contribution is 2.39. The normalized spacial score (nSPS) is 26.9. The molecule has 0 amide bonds. The Hall–Kier alpha value is -1.22.